The lowest BCUT2D eigenvalue weighted by atomic mass is 9.82. The number of halogens is 5. The third-order valence-electron chi connectivity index (χ3n) is 7.17. The van der Waals surface area contributed by atoms with Gasteiger partial charge in [-0.15, -0.1) is 0 Å². The van der Waals surface area contributed by atoms with Gasteiger partial charge in [0.05, 0.1) is 11.7 Å². The van der Waals surface area contributed by atoms with Crippen molar-refractivity contribution in [1.82, 2.24) is 19.9 Å². The van der Waals surface area contributed by atoms with Crippen LogP contribution in [0, 0.1) is 0 Å². The first-order valence-corrected chi connectivity index (χ1v) is 13.5. The minimum absolute atomic E-state index is 0.108. The minimum Gasteiger partial charge on any atom is -0.398 e. The lowest BCUT2D eigenvalue weighted by Crippen LogP contribution is -2.38. The minimum atomic E-state index is -9.88. The summed E-state index contributed by atoms with van der Waals surface area (Å²) in [6.07, 6.45) is 4.97. The normalized spacial score (nSPS) is 23.2. The van der Waals surface area contributed by atoms with Gasteiger partial charge in [0.25, 0.3) is 5.91 Å². The van der Waals surface area contributed by atoms with Crippen LogP contribution in [0.5, 0.6) is 0 Å². The zero-order valence-electron chi connectivity index (χ0n) is 19.4. The number of piperidine rings is 1. The van der Waals surface area contributed by atoms with Gasteiger partial charge in [-0.25, -0.2) is 9.97 Å². The van der Waals surface area contributed by atoms with Crippen LogP contribution in [0.2, 0.25) is 0 Å². The Morgan fingerprint density at radius 2 is 1.81 bits per heavy atom. The third-order valence-corrected chi connectivity index (χ3v) is 8.31. The van der Waals surface area contributed by atoms with Gasteiger partial charge in [0.15, 0.2) is 5.65 Å². The van der Waals surface area contributed by atoms with Crippen LogP contribution < -0.4 is 5.73 Å². The molecule has 2 aliphatic rings. The van der Waals surface area contributed by atoms with E-state index in [4.69, 9.17) is 15.5 Å². The maximum Gasteiger partial charge on any atom is 0.310 e. The molecule has 1 saturated heterocycles. The van der Waals surface area contributed by atoms with Gasteiger partial charge in [-0.3, -0.25) is 4.79 Å². The number of methoxy groups -OCH3 is 1. The number of fused-ring (bicyclic) bond motifs is 1. The molecule has 3 heterocycles. The molecule has 7 nitrogen and oxygen atoms in total. The molecule has 0 radical (unpaired) electrons. The van der Waals surface area contributed by atoms with Gasteiger partial charge in [0.2, 0.25) is 0 Å². The van der Waals surface area contributed by atoms with E-state index in [2.05, 4.69) is 9.97 Å². The molecule has 1 aliphatic heterocycles. The van der Waals surface area contributed by atoms with Crippen LogP contribution in [-0.4, -0.2) is 52.1 Å². The Balaban J connectivity index is 1.29. The topological polar surface area (TPSA) is 97.1 Å². The molecule has 13 heteroatoms. The first-order valence-electron chi connectivity index (χ1n) is 11.5. The molecular formula is C23H26F5N5O2S. The van der Waals surface area contributed by atoms with Crippen LogP contribution in [0.25, 0.3) is 11.2 Å². The summed E-state index contributed by atoms with van der Waals surface area (Å²) in [6, 6.07) is 3.01. The van der Waals surface area contributed by atoms with E-state index in [9.17, 15) is 24.2 Å². The quantitative estimate of drug-likeness (QED) is 0.306. The number of nitrogens with zero attached hydrogens (tertiary/aromatic N) is 3. The number of amides is 1. The van der Waals surface area contributed by atoms with Crippen LogP contribution in [0.1, 0.15) is 59.3 Å². The number of nitrogens with two attached hydrogens (primary N) is 1. The number of rotatable bonds is 5. The van der Waals surface area contributed by atoms with Crippen molar-refractivity contribution in [3.05, 3.63) is 47.4 Å². The number of H-pyrrole nitrogens is 1. The summed E-state index contributed by atoms with van der Waals surface area (Å²) >= 11 is 0. The van der Waals surface area contributed by atoms with Gasteiger partial charge in [-0.05, 0) is 61.4 Å². The SMILES string of the molecule is CO[C@H]1C[C@@H](c2nc3c(C4CCN(C(=O)c5ccc(S(F)(F)(F)(F)F)cc5N)CC4)ccnc3[nH]2)C1. The number of anilines is 1. The van der Waals surface area contributed by atoms with E-state index >= 15 is 0 Å². The lowest BCUT2D eigenvalue weighted by Gasteiger charge is -2.40. The Labute approximate surface area is 203 Å². The number of aromatic nitrogens is 3. The predicted molar refractivity (Wildman–Crippen MR) is 127 cm³/mol. The molecule has 0 unspecified atom stereocenters. The van der Waals surface area contributed by atoms with Crippen LogP contribution in [0.3, 0.4) is 0 Å². The monoisotopic (exact) mass is 531 g/mol. The Morgan fingerprint density at radius 3 is 2.42 bits per heavy atom. The highest BCUT2D eigenvalue weighted by molar-refractivity contribution is 8.45. The Morgan fingerprint density at radius 1 is 1.11 bits per heavy atom. The zero-order valence-corrected chi connectivity index (χ0v) is 20.2. The van der Waals surface area contributed by atoms with E-state index in [1.165, 1.54) is 4.90 Å². The molecule has 36 heavy (non-hydrogen) atoms. The van der Waals surface area contributed by atoms with Gasteiger partial charge in [0, 0.05) is 38.0 Å². The molecule has 3 N–H and O–H groups in total. The maximum absolute atomic E-state index is 13.1. The number of ether oxygens (including phenoxy) is 1. The number of likely N-dealkylation sites (tertiary alicyclic amines) is 1. The number of pyridine rings is 1. The van der Waals surface area contributed by atoms with Crippen molar-refractivity contribution >= 4 is 33.0 Å². The van der Waals surface area contributed by atoms with Crippen LogP contribution in [0.15, 0.2) is 35.4 Å². The van der Waals surface area contributed by atoms with E-state index in [0.717, 1.165) is 35.8 Å². The fraction of sp³-hybridized carbons (Fsp3) is 0.435. The van der Waals surface area contributed by atoms with Crippen molar-refractivity contribution in [1.29, 1.82) is 0 Å². The van der Waals surface area contributed by atoms with Crippen molar-refractivity contribution in [2.24, 2.45) is 0 Å². The molecule has 2 aromatic heterocycles. The number of carbonyl (C=O) groups excluding carboxylic acids is 1. The number of benzene rings is 1. The largest absolute Gasteiger partial charge is 0.398 e. The molecular weight excluding hydrogens is 505 g/mol. The molecule has 1 aromatic carbocycles. The summed E-state index contributed by atoms with van der Waals surface area (Å²) in [5.74, 6) is 0.708. The molecule has 3 aromatic rings. The first-order chi connectivity index (χ1) is 16.7. The summed E-state index contributed by atoms with van der Waals surface area (Å²) in [5.41, 5.74) is 7.28. The number of nitrogens with one attached hydrogen (secondary N) is 1. The van der Waals surface area contributed by atoms with Gasteiger partial charge in [-0.2, -0.15) is 0 Å². The average Bonchev–Trinajstić information content (AvgIpc) is 3.20. The highest BCUT2D eigenvalue weighted by atomic mass is 32.5. The van der Waals surface area contributed by atoms with Gasteiger partial charge < -0.3 is 20.4 Å². The summed E-state index contributed by atoms with van der Waals surface area (Å²) < 4.78 is 70.7. The van der Waals surface area contributed by atoms with Crippen molar-refractivity contribution in [3.63, 3.8) is 0 Å². The summed E-state index contributed by atoms with van der Waals surface area (Å²) in [4.78, 5) is 24.8. The van der Waals surface area contributed by atoms with Gasteiger partial charge >= 0.3 is 10.2 Å². The van der Waals surface area contributed by atoms with Crippen molar-refractivity contribution < 1.29 is 29.0 Å². The third kappa shape index (κ3) is 4.61. The standard InChI is InChI=1S/C23H26F5N5O2S/c1-35-15-10-14(11-15)21-31-20-17(4-7-30-22(20)32-21)13-5-8-33(9-6-13)23(34)18-3-2-16(12-19(18)29)36(24,25,26,27)28/h2-4,7,12-15H,5-6,8-11,29H2,1H3,(H,30,31,32)/t14-,15+. The number of imidazole rings is 1. The van der Waals surface area contributed by atoms with Crippen molar-refractivity contribution in [3.8, 4) is 0 Å². The van der Waals surface area contributed by atoms with E-state index in [1.54, 1.807) is 13.3 Å². The fourth-order valence-electron chi connectivity index (χ4n) is 4.99. The van der Waals surface area contributed by atoms with Gasteiger partial charge in [0.1, 0.15) is 16.2 Å². The van der Waals surface area contributed by atoms with E-state index in [0.29, 0.717) is 37.5 Å². The second-order valence-electron chi connectivity index (χ2n) is 9.53. The summed E-state index contributed by atoms with van der Waals surface area (Å²) in [7, 11) is -8.18. The van der Waals surface area contributed by atoms with Crippen molar-refractivity contribution in [2.45, 2.75) is 48.5 Å². The molecule has 0 spiro atoms. The highest BCUT2D eigenvalue weighted by Gasteiger charge is 2.65. The average molecular weight is 532 g/mol. The smallest absolute Gasteiger partial charge is 0.310 e. The summed E-state index contributed by atoms with van der Waals surface area (Å²) in [6.45, 7) is 0.678. The lowest BCUT2D eigenvalue weighted by molar-refractivity contribution is 0.0239. The van der Waals surface area contributed by atoms with Crippen LogP contribution in [-0.2, 0) is 4.74 Å². The number of hydrogen-bond acceptors (Lipinski definition) is 5. The maximum atomic E-state index is 13.1. The number of aromatic amines is 1. The highest BCUT2D eigenvalue weighted by Crippen LogP contribution is 3.02. The molecule has 0 atom stereocenters. The Kier molecular flexibility index (Phi) is 5.35. The molecule has 196 valence electrons. The van der Waals surface area contributed by atoms with Crippen LogP contribution >= 0.6 is 10.2 Å². The molecule has 1 amide bonds. The molecule has 1 aliphatic carbocycles. The number of nitrogen functional groups attached to an aromatic ring is 1. The van der Waals surface area contributed by atoms with Gasteiger partial charge in [-0.1, -0.05) is 19.4 Å². The summed E-state index contributed by atoms with van der Waals surface area (Å²) in [5, 5.41) is 0. The molecule has 0 bridgehead atoms. The number of carbonyl (C=O) groups is 1. The van der Waals surface area contributed by atoms with Crippen LogP contribution in [0.4, 0.5) is 25.1 Å². The molecule has 1 saturated carbocycles. The molecule has 5 rings (SSSR count). The van der Waals surface area contributed by atoms with E-state index in [1.807, 2.05) is 6.07 Å². The number of hydrogen-bond donors (Lipinski definition) is 2. The Bertz CT molecular complexity index is 1330. The second-order valence-corrected chi connectivity index (χ2v) is 11.9. The Hall–Kier alpha value is -2.93. The van der Waals surface area contributed by atoms with E-state index < -0.39 is 26.7 Å². The molecule has 2 fully saturated rings. The van der Waals surface area contributed by atoms with Crippen molar-refractivity contribution in [2.75, 3.05) is 25.9 Å². The fourth-order valence-corrected chi connectivity index (χ4v) is 5.67. The predicted octanol–water partition coefficient (Wildman–Crippen LogP) is 6.11. The first kappa shape index (κ1) is 24.8. The zero-order chi connectivity index (χ0) is 25.9. The second kappa shape index (κ2) is 7.78. The van der Waals surface area contributed by atoms with E-state index in [-0.39, 0.29) is 29.7 Å².